The minimum Gasteiger partial charge on any atom is -0.508 e. The van der Waals surface area contributed by atoms with E-state index in [0.717, 1.165) is 21.2 Å². The second-order valence-corrected chi connectivity index (χ2v) is 5.58. The molecule has 2 rings (SSSR count). The van der Waals surface area contributed by atoms with E-state index in [1.54, 1.807) is 6.07 Å². The Labute approximate surface area is 105 Å². The Morgan fingerprint density at radius 1 is 1.44 bits per heavy atom. The molecule has 0 aromatic heterocycles. The Hall–Kier alpha value is -0.540. The van der Waals surface area contributed by atoms with Gasteiger partial charge in [-0.25, -0.2) is 0 Å². The molecule has 0 heterocycles. The second-order valence-electron chi connectivity index (χ2n) is 4.78. The van der Waals surface area contributed by atoms with Crippen LogP contribution in [0.15, 0.2) is 10.5 Å². The van der Waals surface area contributed by atoms with Gasteiger partial charge in [0.05, 0.1) is 0 Å². The lowest BCUT2D eigenvalue weighted by Crippen LogP contribution is -2.27. The number of hydrogen-bond acceptors (Lipinski definition) is 2. The Kier molecular flexibility index (Phi) is 3.27. The van der Waals surface area contributed by atoms with Gasteiger partial charge in [0.15, 0.2) is 0 Å². The summed E-state index contributed by atoms with van der Waals surface area (Å²) in [6.45, 7) is 4.00. The smallest absolute Gasteiger partial charge is 0.120 e. The van der Waals surface area contributed by atoms with Gasteiger partial charge in [0.2, 0.25) is 0 Å². The minimum absolute atomic E-state index is 0.0225. The topological polar surface area (TPSA) is 46.2 Å². The van der Waals surface area contributed by atoms with Gasteiger partial charge in [-0.1, -0.05) is 22.4 Å². The van der Waals surface area contributed by atoms with Crippen LogP contribution in [0.1, 0.15) is 42.0 Å². The largest absolute Gasteiger partial charge is 0.508 e. The first-order valence-electron chi connectivity index (χ1n) is 5.76. The van der Waals surface area contributed by atoms with Crippen molar-refractivity contribution >= 4 is 15.9 Å². The first kappa shape index (κ1) is 11.9. The van der Waals surface area contributed by atoms with Gasteiger partial charge >= 0.3 is 0 Å². The first-order chi connectivity index (χ1) is 7.52. The van der Waals surface area contributed by atoms with E-state index < -0.39 is 0 Å². The first-order valence-corrected chi connectivity index (χ1v) is 6.55. The zero-order valence-corrected chi connectivity index (χ0v) is 11.3. The molecule has 16 heavy (non-hydrogen) atoms. The average Bonchev–Trinajstić information content (AvgIpc) is 2.11. The van der Waals surface area contributed by atoms with Crippen molar-refractivity contribution < 1.29 is 5.11 Å². The van der Waals surface area contributed by atoms with Gasteiger partial charge in [0, 0.05) is 16.1 Å². The normalized spacial score (nSPS) is 18.2. The highest BCUT2D eigenvalue weighted by atomic mass is 79.9. The number of hydrogen-bond donors (Lipinski definition) is 2. The third-order valence-corrected chi connectivity index (χ3v) is 4.92. The van der Waals surface area contributed by atoms with E-state index in [1.807, 2.05) is 13.8 Å². The van der Waals surface area contributed by atoms with Gasteiger partial charge in [-0.15, -0.1) is 0 Å². The van der Waals surface area contributed by atoms with Crippen LogP contribution in [-0.4, -0.2) is 5.11 Å². The second kappa shape index (κ2) is 4.38. The molecule has 1 aliphatic rings. The van der Waals surface area contributed by atoms with Crippen molar-refractivity contribution in [1.29, 1.82) is 0 Å². The number of rotatable bonds is 2. The summed E-state index contributed by atoms with van der Waals surface area (Å²) in [6, 6.07) is 1.77. The van der Waals surface area contributed by atoms with Crippen LogP contribution in [-0.2, 0) is 0 Å². The lowest BCUT2D eigenvalue weighted by molar-refractivity contribution is 0.260. The highest BCUT2D eigenvalue weighted by Gasteiger charge is 2.29. The minimum atomic E-state index is -0.0225. The number of halogens is 1. The molecule has 0 amide bonds. The summed E-state index contributed by atoms with van der Waals surface area (Å²) in [4.78, 5) is 0. The molecule has 1 saturated carbocycles. The van der Waals surface area contributed by atoms with Crippen molar-refractivity contribution in [3.63, 3.8) is 0 Å². The number of nitrogens with two attached hydrogens (primary N) is 1. The van der Waals surface area contributed by atoms with Gasteiger partial charge in [0.1, 0.15) is 5.75 Å². The SMILES string of the molecule is Cc1cc(O)c([C@@H](N)C2CCC2)c(C)c1Br. The molecule has 1 aromatic carbocycles. The Morgan fingerprint density at radius 2 is 2.06 bits per heavy atom. The van der Waals surface area contributed by atoms with E-state index >= 15 is 0 Å². The summed E-state index contributed by atoms with van der Waals surface area (Å²) >= 11 is 3.55. The van der Waals surface area contributed by atoms with Crippen molar-refractivity contribution in [2.75, 3.05) is 0 Å². The van der Waals surface area contributed by atoms with Crippen molar-refractivity contribution in [3.05, 3.63) is 27.2 Å². The maximum atomic E-state index is 10.0. The van der Waals surface area contributed by atoms with Gasteiger partial charge in [0.25, 0.3) is 0 Å². The fraction of sp³-hybridized carbons (Fsp3) is 0.538. The van der Waals surface area contributed by atoms with E-state index in [0.29, 0.717) is 11.7 Å². The Morgan fingerprint density at radius 3 is 2.56 bits per heavy atom. The molecule has 0 spiro atoms. The average molecular weight is 284 g/mol. The highest BCUT2D eigenvalue weighted by molar-refractivity contribution is 9.10. The molecule has 0 radical (unpaired) electrons. The molecule has 1 aliphatic carbocycles. The van der Waals surface area contributed by atoms with E-state index in [-0.39, 0.29) is 6.04 Å². The van der Waals surface area contributed by atoms with E-state index in [4.69, 9.17) is 5.73 Å². The van der Waals surface area contributed by atoms with Crippen LogP contribution in [0, 0.1) is 19.8 Å². The van der Waals surface area contributed by atoms with Crippen molar-refractivity contribution in [2.45, 2.75) is 39.2 Å². The summed E-state index contributed by atoms with van der Waals surface area (Å²) in [5.41, 5.74) is 9.29. The number of phenolic OH excluding ortho intramolecular Hbond substituents is 1. The van der Waals surface area contributed by atoms with Gasteiger partial charge in [-0.2, -0.15) is 0 Å². The van der Waals surface area contributed by atoms with Crippen LogP contribution in [0.5, 0.6) is 5.75 Å². The zero-order valence-electron chi connectivity index (χ0n) is 9.76. The van der Waals surface area contributed by atoms with Crippen LogP contribution < -0.4 is 5.73 Å². The van der Waals surface area contributed by atoms with Crippen molar-refractivity contribution in [2.24, 2.45) is 11.7 Å². The Balaban J connectivity index is 2.42. The molecule has 3 N–H and O–H groups in total. The van der Waals surface area contributed by atoms with E-state index in [9.17, 15) is 5.11 Å². The number of benzene rings is 1. The lowest BCUT2D eigenvalue weighted by atomic mass is 9.76. The molecule has 3 heteroatoms. The zero-order chi connectivity index (χ0) is 11.9. The molecule has 0 bridgehead atoms. The van der Waals surface area contributed by atoms with Crippen LogP contribution >= 0.6 is 15.9 Å². The van der Waals surface area contributed by atoms with Crippen LogP contribution in [0.4, 0.5) is 0 Å². The molecular formula is C13H18BrNO. The predicted molar refractivity (Wildman–Crippen MR) is 69.6 cm³/mol. The molecular weight excluding hydrogens is 266 g/mol. The highest BCUT2D eigenvalue weighted by Crippen LogP contribution is 2.42. The third-order valence-electron chi connectivity index (χ3n) is 3.70. The predicted octanol–water partition coefficient (Wildman–Crippen LogP) is 3.57. The van der Waals surface area contributed by atoms with Gasteiger partial charge < -0.3 is 10.8 Å². The molecule has 2 nitrogen and oxygen atoms in total. The quantitative estimate of drug-likeness (QED) is 0.872. The van der Waals surface area contributed by atoms with Crippen molar-refractivity contribution in [1.82, 2.24) is 0 Å². The summed E-state index contributed by atoms with van der Waals surface area (Å²) in [5.74, 6) is 0.886. The summed E-state index contributed by atoms with van der Waals surface area (Å²) in [7, 11) is 0. The van der Waals surface area contributed by atoms with E-state index in [2.05, 4.69) is 15.9 Å². The molecule has 0 aliphatic heterocycles. The number of phenols is 1. The number of aryl methyl sites for hydroxylation is 1. The molecule has 1 aromatic rings. The summed E-state index contributed by atoms with van der Waals surface area (Å²) in [5, 5.41) is 10.0. The maximum Gasteiger partial charge on any atom is 0.120 e. The molecule has 0 unspecified atom stereocenters. The van der Waals surface area contributed by atoms with E-state index in [1.165, 1.54) is 19.3 Å². The van der Waals surface area contributed by atoms with Gasteiger partial charge in [-0.05, 0) is 49.8 Å². The van der Waals surface area contributed by atoms with Crippen LogP contribution in [0.25, 0.3) is 0 Å². The lowest BCUT2D eigenvalue weighted by Gasteiger charge is -2.33. The molecule has 0 saturated heterocycles. The molecule has 1 atom stereocenters. The monoisotopic (exact) mass is 283 g/mol. The standard InChI is InChI=1S/C13H18BrNO/c1-7-6-10(16)11(8(2)12(7)14)13(15)9-4-3-5-9/h6,9,13,16H,3-5,15H2,1-2H3/t13-/m0/s1. The third kappa shape index (κ3) is 1.87. The van der Waals surface area contributed by atoms with Crippen LogP contribution in [0.3, 0.4) is 0 Å². The molecule has 88 valence electrons. The number of aromatic hydroxyl groups is 1. The summed E-state index contributed by atoms with van der Waals surface area (Å²) < 4.78 is 1.06. The van der Waals surface area contributed by atoms with Crippen molar-refractivity contribution in [3.8, 4) is 5.75 Å². The Bertz CT molecular complexity index is 413. The maximum absolute atomic E-state index is 10.0. The van der Waals surface area contributed by atoms with Gasteiger partial charge in [-0.3, -0.25) is 0 Å². The van der Waals surface area contributed by atoms with Crippen LogP contribution in [0.2, 0.25) is 0 Å². The summed E-state index contributed by atoms with van der Waals surface area (Å²) in [6.07, 6.45) is 3.64. The fourth-order valence-corrected chi connectivity index (χ4v) is 2.74. The molecule has 1 fully saturated rings. The fourth-order valence-electron chi connectivity index (χ4n) is 2.41.